The number of piperazine rings is 1. The predicted molar refractivity (Wildman–Crippen MR) is 93.9 cm³/mol. The molecule has 0 amide bonds. The van der Waals surface area contributed by atoms with Gasteiger partial charge in [-0.05, 0) is 36.8 Å². The van der Waals surface area contributed by atoms with E-state index in [0.717, 1.165) is 54.1 Å². The smallest absolute Gasteiger partial charge is 0.227 e. The van der Waals surface area contributed by atoms with Crippen molar-refractivity contribution in [2.75, 3.05) is 31.1 Å². The van der Waals surface area contributed by atoms with E-state index in [4.69, 9.17) is 16.6 Å². The molecule has 3 N–H and O–H groups in total. The molecular weight excluding hydrogens is 312 g/mol. The molecule has 0 radical (unpaired) electrons. The third-order valence-electron chi connectivity index (χ3n) is 4.22. The number of hydrogen-bond donors (Lipinski definition) is 3. The zero-order valence-electron chi connectivity index (χ0n) is 12.9. The zero-order valence-corrected chi connectivity index (χ0v) is 13.7. The molecule has 1 aliphatic rings. The Morgan fingerprint density at radius 2 is 2.00 bits per heavy atom. The summed E-state index contributed by atoms with van der Waals surface area (Å²) in [6, 6.07) is 7.90. The van der Waals surface area contributed by atoms with Crippen LogP contribution in [0, 0.1) is 6.92 Å². The van der Waals surface area contributed by atoms with Crippen molar-refractivity contribution in [2.24, 2.45) is 0 Å². The first kappa shape index (κ1) is 14.4. The molecule has 4 rings (SSSR count). The summed E-state index contributed by atoms with van der Waals surface area (Å²) in [5.74, 6) is 0.909. The molecule has 1 aliphatic heterocycles. The number of hydrogen-bond acceptors (Lipinski definition) is 3. The van der Waals surface area contributed by atoms with Gasteiger partial charge in [-0.15, -0.1) is 0 Å². The van der Waals surface area contributed by atoms with Crippen molar-refractivity contribution < 1.29 is 0 Å². The van der Waals surface area contributed by atoms with E-state index in [2.05, 4.69) is 27.5 Å². The molecule has 2 aromatic heterocycles. The SMILES string of the molecule is Cc1cc[nH][nH]n2c(N3CCNCC3)nc3ccc(Cl)cc3c12. The van der Waals surface area contributed by atoms with Gasteiger partial charge in [-0.25, -0.2) is 14.7 Å². The van der Waals surface area contributed by atoms with Gasteiger partial charge in [-0.1, -0.05) is 11.6 Å². The van der Waals surface area contributed by atoms with Crippen molar-refractivity contribution in [1.82, 2.24) is 25.1 Å². The van der Waals surface area contributed by atoms with E-state index in [0.29, 0.717) is 5.02 Å². The molecule has 0 aliphatic carbocycles. The lowest BCUT2D eigenvalue weighted by molar-refractivity contribution is 0.572. The van der Waals surface area contributed by atoms with Crippen molar-refractivity contribution in [3.8, 4) is 0 Å². The number of aromatic nitrogens is 4. The van der Waals surface area contributed by atoms with Gasteiger partial charge in [0.1, 0.15) is 0 Å². The normalized spacial score (nSPS) is 15.3. The van der Waals surface area contributed by atoms with Crippen LogP contribution < -0.4 is 10.2 Å². The summed E-state index contributed by atoms with van der Waals surface area (Å²) in [7, 11) is 0. The van der Waals surface area contributed by atoms with Crippen LogP contribution in [0.5, 0.6) is 0 Å². The second-order valence-corrected chi connectivity index (χ2v) is 6.20. The minimum absolute atomic E-state index is 0.714. The molecule has 0 atom stereocenters. The van der Waals surface area contributed by atoms with Gasteiger partial charge in [0, 0.05) is 42.8 Å². The molecule has 0 saturated carbocycles. The summed E-state index contributed by atoms with van der Waals surface area (Å²) in [4.78, 5) is 7.18. The zero-order chi connectivity index (χ0) is 15.8. The van der Waals surface area contributed by atoms with Gasteiger partial charge >= 0.3 is 0 Å². The molecule has 23 heavy (non-hydrogen) atoms. The van der Waals surface area contributed by atoms with Crippen LogP contribution in [0.1, 0.15) is 5.56 Å². The topological polar surface area (TPSA) is 64.2 Å². The molecule has 1 aromatic carbocycles. The molecule has 7 heteroatoms. The van der Waals surface area contributed by atoms with Gasteiger partial charge in [-0.2, -0.15) is 0 Å². The lowest BCUT2D eigenvalue weighted by Crippen LogP contribution is -2.44. The fourth-order valence-corrected chi connectivity index (χ4v) is 3.26. The second kappa shape index (κ2) is 5.79. The van der Waals surface area contributed by atoms with Crippen LogP contribution >= 0.6 is 11.6 Å². The van der Waals surface area contributed by atoms with Crippen LogP contribution in [0.15, 0.2) is 30.5 Å². The highest BCUT2D eigenvalue weighted by Gasteiger charge is 2.17. The Labute approximate surface area is 138 Å². The average molecular weight is 331 g/mol. The molecule has 0 spiro atoms. The van der Waals surface area contributed by atoms with Crippen LogP contribution in [0.25, 0.3) is 16.4 Å². The number of anilines is 1. The Morgan fingerprint density at radius 1 is 1.17 bits per heavy atom. The van der Waals surface area contributed by atoms with E-state index in [1.165, 1.54) is 0 Å². The summed E-state index contributed by atoms with van der Waals surface area (Å²) in [6.07, 6.45) is 1.89. The minimum Gasteiger partial charge on any atom is -0.338 e. The van der Waals surface area contributed by atoms with Crippen LogP contribution in [0.2, 0.25) is 5.02 Å². The Bertz CT molecular complexity index is 898. The fourth-order valence-electron chi connectivity index (χ4n) is 3.09. The maximum atomic E-state index is 6.22. The molecule has 0 unspecified atom stereocenters. The first-order chi connectivity index (χ1) is 11.2. The number of fused-ring (bicyclic) bond motifs is 3. The van der Waals surface area contributed by atoms with Crippen LogP contribution in [-0.4, -0.2) is 46.0 Å². The third-order valence-corrected chi connectivity index (χ3v) is 4.46. The minimum atomic E-state index is 0.714. The molecule has 0 bridgehead atoms. The van der Waals surface area contributed by atoms with E-state index < -0.39 is 0 Å². The van der Waals surface area contributed by atoms with E-state index in [1.54, 1.807) is 0 Å². The molecule has 1 saturated heterocycles. The molecule has 120 valence electrons. The van der Waals surface area contributed by atoms with Gasteiger partial charge in [-0.3, -0.25) is 5.10 Å². The number of nitrogens with one attached hydrogen (secondary N) is 3. The van der Waals surface area contributed by atoms with Crippen molar-refractivity contribution in [3.05, 3.63) is 41.0 Å². The van der Waals surface area contributed by atoms with Gasteiger partial charge in [0.15, 0.2) is 0 Å². The highest BCUT2D eigenvalue weighted by Crippen LogP contribution is 2.27. The summed E-state index contributed by atoms with van der Waals surface area (Å²) < 4.78 is 2.01. The third kappa shape index (κ3) is 2.54. The predicted octanol–water partition coefficient (Wildman–Crippen LogP) is 2.64. The van der Waals surface area contributed by atoms with Crippen LogP contribution in [0.4, 0.5) is 5.95 Å². The number of H-pyrrole nitrogens is 2. The molecule has 3 heterocycles. The Morgan fingerprint density at radius 3 is 2.83 bits per heavy atom. The van der Waals surface area contributed by atoms with Gasteiger partial charge < -0.3 is 10.2 Å². The first-order valence-electron chi connectivity index (χ1n) is 7.77. The highest BCUT2D eigenvalue weighted by atomic mass is 35.5. The van der Waals surface area contributed by atoms with Crippen LogP contribution in [0.3, 0.4) is 0 Å². The van der Waals surface area contributed by atoms with Crippen molar-refractivity contribution >= 4 is 34.0 Å². The van der Waals surface area contributed by atoms with Gasteiger partial charge in [0.2, 0.25) is 5.95 Å². The highest BCUT2D eigenvalue weighted by molar-refractivity contribution is 6.31. The number of halogens is 1. The van der Waals surface area contributed by atoms with E-state index in [9.17, 15) is 0 Å². The average Bonchev–Trinajstić information content (AvgIpc) is 2.77. The Balaban J connectivity index is 2.11. The largest absolute Gasteiger partial charge is 0.338 e. The number of aryl methyl sites for hydroxylation is 1. The maximum absolute atomic E-state index is 6.22. The lowest BCUT2D eigenvalue weighted by atomic mass is 10.1. The van der Waals surface area contributed by atoms with Crippen molar-refractivity contribution in [3.63, 3.8) is 0 Å². The van der Waals surface area contributed by atoms with Crippen molar-refractivity contribution in [2.45, 2.75) is 6.92 Å². The summed E-state index contributed by atoms with van der Waals surface area (Å²) in [5.41, 5.74) is 3.17. The van der Waals surface area contributed by atoms with Crippen molar-refractivity contribution in [1.29, 1.82) is 0 Å². The maximum Gasteiger partial charge on any atom is 0.227 e. The summed E-state index contributed by atoms with van der Waals surface area (Å²) >= 11 is 6.22. The first-order valence-corrected chi connectivity index (χ1v) is 8.15. The summed E-state index contributed by atoms with van der Waals surface area (Å²) in [6.45, 7) is 5.88. The van der Waals surface area contributed by atoms with E-state index in [1.807, 2.05) is 35.0 Å². The number of nitrogens with zero attached hydrogens (tertiary/aromatic N) is 3. The molecule has 6 nitrogen and oxygen atoms in total. The lowest BCUT2D eigenvalue weighted by Gasteiger charge is -2.29. The van der Waals surface area contributed by atoms with Gasteiger partial charge in [0.05, 0.1) is 11.0 Å². The van der Waals surface area contributed by atoms with E-state index >= 15 is 0 Å². The summed E-state index contributed by atoms with van der Waals surface area (Å²) in [5, 5.41) is 11.4. The quantitative estimate of drug-likeness (QED) is 0.642. The Hall–Kier alpha value is -2.18. The van der Waals surface area contributed by atoms with Crippen LogP contribution in [-0.2, 0) is 0 Å². The monoisotopic (exact) mass is 330 g/mol. The standard InChI is InChI=1S/C16H19ClN6/c1-11-4-5-19-21-23-15(11)13-10-12(17)2-3-14(13)20-16(23)22-8-6-18-7-9-22/h2-5,10,18-19,21H,6-9H2,1H3. The number of benzene rings is 1. The Kier molecular flexibility index (Phi) is 3.63. The molecule has 1 fully saturated rings. The fraction of sp³-hybridized carbons (Fsp3) is 0.312. The van der Waals surface area contributed by atoms with Gasteiger partial charge in [0.25, 0.3) is 0 Å². The molecule has 3 aromatic rings. The second-order valence-electron chi connectivity index (χ2n) is 5.77. The number of aromatic amines is 2. The number of rotatable bonds is 1. The molecular formula is C16H19ClN6. The van der Waals surface area contributed by atoms with E-state index in [-0.39, 0.29) is 0 Å².